The Hall–Kier alpha value is -0.820. The molecule has 0 aromatic carbocycles. The van der Waals surface area contributed by atoms with Gasteiger partial charge in [0.25, 0.3) is 0 Å². The topological polar surface area (TPSA) is 3.24 Å². The van der Waals surface area contributed by atoms with Crippen LogP contribution < -0.4 is 0 Å². The summed E-state index contributed by atoms with van der Waals surface area (Å²) in [5.41, 5.74) is 0. The number of nitrogens with zero attached hydrogens (tertiary/aromatic N) is 1. The highest BCUT2D eigenvalue weighted by atomic mass is 15.0. The molecular weight excluding hydrogens is 254 g/mol. The lowest BCUT2D eigenvalue weighted by molar-refractivity contribution is 0.389. The molecule has 0 rings (SSSR count). The minimum atomic E-state index is 1.08. The van der Waals surface area contributed by atoms with Crippen LogP contribution in [-0.4, -0.2) is 25.5 Å². The molecule has 122 valence electrons. The monoisotopic (exact) mass is 291 g/mol. The van der Waals surface area contributed by atoms with Crippen molar-refractivity contribution in [1.82, 2.24) is 4.90 Å². The van der Waals surface area contributed by atoms with E-state index in [0.717, 1.165) is 19.3 Å². The number of unbranched alkanes of at least 4 members (excludes halogenated alkanes) is 6. The van der Waals surface area contributed by atoms with Crippen molar-refractivity contribution in [2.45, 2.75) is 71.1 Å². The molecule has 0 aliphatic rings. The Balaban J connectivity index is 3.20. The van der Waals surface area contributed by atoms with Crippen LogP contribution in [0.25, 0.3) is 0 Å². The van der Waals surface area contributed by atoms with Gasteiger partial charge in [-0.1, -0.05) is 69.1 Å². The van der Waals surface area contributed by atoms with E-state index < -0.39 is 0 Å². The molecule has 0 unspecified atom stereocenters. The first-order chi connectivity index (χ1) is 10.3. The van der Waals surface area contributed by atoms with Crippen molar-refractivity contribution in [3.05, 3.63) is 36.5 Å². The van der Waals surface area contributed by atoms with Crippen molar-refractivity contribution in [3.8, 4) is 0 Å². The standard InChI is InChI=1S/C20H37N/c1-4-5-6-7-8-9-10-11-12-13-14-15-16-17-18-19-20-21(2)3/h5-6,8-9,11-12H,4,7,10,13-20H2,1-3H3/b6-5-,9-8-,12-11-. The maximum atomic E-state index is 2.35. The van der Waals surface area contributed by atoms with Gasteiger partial charge in [-0.25, -0.2) is 0 Å². The average Bonchev–Trinajstić information content (AvgIpc) is 2.46. The molecule has 0 saturated carbocycles. The second kappa shape index (κ2) is 17.2. The zero-order chi connectivity index (χ0) is 15.6. The third-order valence-electron chi connectivity index (χ3n) is 3.51. The van der Waals surface area contributed by atoms with Gasteiger partial charge in [-0.05, 0) is 59.2 Å². The Morgan fingerprint density at radius 1 is 0.619 bits per heavy atom. The van der Waals surface area contributed by atoms with Crippen molar-refractivity contribution in [1.29, 1.82) is 0 Å². The van der Waals surface area contributed by atoms with E-state index in [9.17, 15) is 0 Å². The van der Waals surface area contributed by atoms with Crippen molar-refractivity contribution >= 4 is 0 Å². The Bertz CT molecular complexity index is 274. The van der Waals surface area contributed by atoms with E-state index in [-0.39, 0.29) is 0 Å². The van der Waals surface area contributed by atoms with Crippen LogP contribution in [0.1, 0.15) is 71.1 Å². The van der Waals surface area contributed by atoms with Crippen LogP contribution in [0, 0.1) is 0 Å². The summed E-state index contributed by atoms with van der Waals surface area (Å²) in [5, 5.41) is 0. The molecule has 0 heterocycles. The molecule has 0 saturated heterocycles. The highest BCUT2D eigenvalue weighted by molar-refractivity contribution is 4.96. The van der Waals surface area contributed by atoms with Gasteiger partial charge in [0, 0.05) is 0 Å². The van der Waals surface area contributed by atoms with Gasteiger partial charge in [0.05, 0.1) is 0 Å². The molecule has 0 atom stereocenters. The zero-order valence-corrected chi connectivity index (χ0v) is 14.7. The van der Waals surface area contributed by atoms with Crippen LogP contribution in [0.5, 0.6) is 0 Å². The summed E-state index contributed by atoms with van der Waals surface area (Å²) in [6.45, 7) is 3.41. The second-order valence-corrected chi connectivity index (χ2v) is 6.01. The second-order valence-electron chi connectivity index (χ2n) is 6.01. The minimum absolute atomic E-state index is 1.08. The van der Waals surface area contributed by atoms with Crippen LogP contribution in [-0.2, 0) is 0 Å². The first-order valence-corrected chi connectivity index (χ1v) is 8.87. The zero-order valence-electron chi connectivity index (χ0n) is 14.7. The number of hydrogen-bond donors (Lipinski definition) is 0. The molecule has 0 bridgehead atoms. The third-order valence-corrected chi connectivity index (χ3v) is 3.51. The Morgan fingerprint density at radius 3 is 1.76 bits per heavy atom. The SMILES string of the molecule is CC/C=C\C/C=C\C/C=C\CCCCCCCCN(C)C. The predicted octanol–water partition coefficient (Wildman–Crippen LogP) is 6.14. The predicted molar refractivity (Wildman–Crippen MR) is 97.8 cm³/mol. The normalized spacial score (nSPS) is 12.6. The molecule has 0 spiro atoms. The molecule has 1 nitrogen and oxygen atoms in total. The van der Waals surface area contributed by atoms with E-state index in [1.807, 2.05) is 0 Å². The van der Waals surface area contributed by atoms with E-state index in [2.05, 4.69) is 62.4 Å². The molecule has 0 aliphatic heterocycles. The van der Waals surface area contributed by atoms with Gasteiger partial charge in [-0.15, -0.1) is 0 Å². The van der Waals surface area contributed by atoms with Crippen LogP contribution in [0.4, 0.5) is 0 Å². The average molecular weight is 292 g/mol. The molecule has 0 N–H and O–H groups in total. The number of allylic oxidation sites excluding steroid dienone is 6. The molecule has 0 radical (unpaired) electrons. The molecule has 0 amide bonds. The van der Waals surface area contributed by atoms with Gasteiger partial charge in [-0.3, -0.25) is 0 Å². The van der Waals surface area contributed by atoms with Gasteiger partial charge in [0.2, 0.25) is 0 Å². The van der Waals surface area contributed by atoms with E-state index in [1.165, 1.54) is 51.5 Å². The lowest BCUT2D eigenvalue weighted by Crippen LogP contribution is -2.12. The molecule has 0 fully saturated rings. The van der Waals surface area contributed by atoms with Crippen molar-refractivity contribution in [2.24, 2.45) is 0 Å². The van der Waals surface area contributed by atoms with E-state index in [1.54, 1.807) is 0 Å². The van der Waals surface area contributed by atoms with Gasteiger partial charge in [0.15, 0.2) is 0 Å². The summed E-state index contributed by atoms with van der Waals surface area (Å²) in [4.78, 5) is 2.28. The Morgan fingerprint density at radius 2 is 1.14 bits per heavy atom. The molecule has 1 heteroatoms. The lowest BCUT2D eigenvalue weighted by atomic mass is 10.1. The summed E-state index contributed by atoms with van der Waals surface area (Å²) in [6.07, 6.45) is 26.5. The van der Waals surface area contributed by atoms with Gasteiger partial charge in [0.1, 0.15) is 0 Å². The molecular formula is C20H37N. The smallest absolute Gasteiger partial charge is 0.00248 e. The number of hydrogen-bond acceptors (Lipinski definition) is 1. The first-order valence-electron chi connectivity index (χ1n) is 8.87. The summed E-state index contributed by atoms with van der Waals surface area (Å²) in [6, 6.07) is 0. The molecule has 0 aliphatic carbocycles. The summed E-state index contributed by atoms with van der Waals surface area (Å²) in [7, 11) is 4.31. The number of rotatable bonds is 14. The molecule has 0 aromatic heterocycles. The van der Waals surface area contributed by atoms with E-state index in [4.69, 9.17) is 0 Å². The molecule has 21 heavy (non-hydrogen) atoms. The van der Waals surface area contributed by atoms with Crippen molar-refractivity contribution in [3.63, 3.8) is 0 Å². The van der Waals surface area contributed by atoms with Crippen LogP contribution in [0.2, 0.25) is 0 Å². The first kappa shape index (κ1) is 20.2. The fourth-order valence-corrected chi connectivity index (χ4v) is 2.22. The van der Waals surface area contributed by atoms with Crippen molar-refractivity contribution in [2.75, 3.05) is 20.6 Å². The maximum absolute atomic E-state index is 2.35. The summed E-state index contributed by atoms with van der Waals surface area (Å²) in [5.74, 6) is 0. The largest absolute Gasteiger partial charge is 0.309 e. The fourth-order valence-electron chi connectivity index (χ4n) is 2.22. The van der Waals surface area contributed by atoms with Gasteiger partial charge in [-0.2, -0.15) is 0 Å². The van der Waals surface area contributed by atoms with Crippen LogP contribution >= 0.6 is 0 Å². The maximum Gasteiger partial charge on any atom is -0.00248 e. The quantitative estimate of drug-likeness (QED) is 0.274. The summed E-state index contributed by atoms with van der Waals surface area (Å²) >= 11 is 0. The Labute approximate surface area is 133 Å². The van der Waals surface area contributed by atoms with Gasteiger partial charge < -0.3 is 4.90 Å². The van der Waals surface area contributed by atoms with E-state index >= 15 is 0 Å². The lowest BCUT2D eigenvalue weighted by Gasteiger charge is -2.08. The highest BCUT2D eigenvalue weighted by Gasteiger charge is 1.92. The highest BCUT2D eigenvalue weighted by Crippen LogP contribution is 2.08. The fraction of sp³-hybridized carbons (Fsp3) is 0.700. The van der Waals surface area contributed by atoms with Crippen LogP contribution in [0.15, 0.2) is 36.5 Å². The van der Waals surface area contributed by atoms with Crippen LogP contribution in [0.3, 0.4) is 0 Å². The van der Waals surface area contributed by atoms with Crippen molar-refractivity contribution < 1.29 is 0 Å². The van der Waals surface area contributed by atoms with Gasteiger partial charge >= 0.3 is 0 Å². The van der Waals surface area contributed by atoms with E-state index in [0.29, 0.717) is 0 Å². The third kappa shape index (κ3) is 19.2. The molecule has 0 aromatic rings. The summed E-state index contributed by atoms with van der Waals surface area (Å²) < 4.78 is 0. The Kier molecular flexibility index (Phi) is 16.6. The minimum Gasteiger partial charge on any atom is -0.309 e.